The summed E-state index contributed by atoms with van der Waals surface area (Å²) >= 11 is 0. The van der Waals surface area contributed by atoms with E-state index < -0.39 is 0 Å². The summed E-state index contributed by atoms with van der Waals surface area (Å²) in [6, 6.07) is 0. The van der Waals surface area contributed by atoms with Gasteiger partial charge in [0.1, 0.15) is 18.0 Å². The molecule has 1 aliphatic heterocycles. The molecule has 0 atom stereocenters. The normalized spacial score (nSPS) is 16.6. The molecule has 0 amide bonds. The molecule has 0 spiro atoms. The van der Waals surface area contributed by atoms with Crippen LogP contribution in [-0.2, 0) is 11.2 Å². The lowest BCUT2D eigenvalue weighted by Gasteiger charge is -2.23. The Kier molecular flexibility index (Phi) is 4.72. The minimum atomic E-state index is 0.660. The molecule has 4 N–H and O–H groups in total. The van der Waals surface area contributed by atoms with Gasteiger partial charge in [0.15, 0.2) is 0 Å². The Bertz CT molecular complexity index is 379. The zero-order valence-corrected chi connectivity index (χ0v) is 10.8. The van der Waals surface area contributed by atoms with E-state index in [1.165, 1.54) is 6.33 Å². The maximum absolute atomic E-state index is 5.45. The molecular weight excluding hydrogens is 230 g/mol. The minimum Gasteiger partial charge on any atom is -0.381 e. The number of aromatic nitrogens is 2. The van der Waals surface area contributed by atoms with Crippen molar-refractivity contribution in [2.24, 2.45) is 11.8 Å². The lowest BCUT2D eigenvalue weighted by Crippen LogP contribution is -2.23. The summed E-state index contributed by atoms with van der Waals surface area (Å²) in [6.45, 7) is 4.73. The van der Waals surface area contributed by atoms with E-state index in [0.29, 0.717) is 11.7 Å². The van der Waals surface area contributed by atoms with E-state index in [1.807, 2.05) is 0 Å². The number of nitrogens with two attached hydrogens (primary N) is 1. The van der Waals surface area contributed by atoms with Crippen molar-refractivity contribution in [2.75, 3.05) is 30.5 Å². The van der Waals surface area contributed by atoms with E-state index in [2.05, 4.69) is 27.6 Å². The van der Waals surface area contributed by atoms with Crippen LogP contribution in [0.2, 0.25) is 0 Å². The lowest BCUT2D eigenvalue weighted by molar-refractivity contribution is 0.0699. The molecule has 6 nitrogen and oxygen atoms in total. The van der Waals surface area contributed by atoms with Crippen molar-refractivity contribution < 1.29 is 4.74 Å². The Morgan fingerprint density at radius 2 is 2.06 bits per heavy atom. The second kappa shape index (κ2) is 6.51. The van der Waals surface area contributed by atoms with Crippen molar-refractivity contribution in [3.63, 3.8) is 0 Å². The smallest absolute Gasteiger partial charge is 0.148 e. The second-order valence-electron chi connectivity index (χ2n) is 4.48. The predicted octanol–water partition coefficient (Wildman–Crippen LogP) is 1.16. The highest BCUT2D eigenvalue weighted by Gasteiger charge is 2.15. The van der Waals surface area contributed by atoms with Crippen LogP contribution in [0.3, 0.4) is 0 Å². The van der Waals surface area contributed by atoms with Gasteiger partial charge in [0.05, 0.1) is 0 Å². The Hall–Kier alpha value is -1.40. The molecule has 0 saturated carbocycles. The number of nitrogens with zero attached hydrogens (tertiary/aromatic N) is 2. The summed E-state index contributed by atoms with van der Waals surface area (Å²) in [4.78, 5) is 8.41. The van der Waals surface area contributed by atoms with Crippen molar-refractivity contribution in [1.82, 2.24) is 9.97 Å². The topological polar surface area (TPSA) is 85.1 Å². The first-order valence-corrected chi connectivity index (χ1v) is 6.47. The average Bonchev–Trinajstić information content (AvgIpc) is 2.45. The summed E-state index contributed by atoms with van der Waals surface area (Å²) in [5.41, 5.74) is 3.65. The zero-order chi connectivity index (χ0) is 12.8. The number of hydrogen-bond acceptors (Lipinski definition) is 6. The molecule has 1 aromatic rings. The van der Waals surface area contributed by atoms with Crippen LogP contribution in [-0.4, -0.2) is 29.7 Å². The maximum atomic E-state index is 5.45. The molecule has 1 saturated heterocycles. The van der Waals surface area contributed by atoms with Gasteiger partial charge < -0.3 is 15.5 Å². The Balaban J connectivity index is 1.99. The maximum Gasteiger partial charge on any atom is 0.148 e. The molecule has 2 rings (SSSR count). The highest BCUT2D eigenvalue weighted by molar-refractivity contribution is 5.56. The summed E-state index contributed by atoms with van der Waals surface area (Å²) in [6.07, 6.45) is 4.60. The van der Waals surface area contributed by atoms with Gasteiger partial charge in [-0.1, -0.05) is 6.92 Å². The molecule has 0 bridgehead atoms. The molecule has 6 heteroatoms. The number of hydrogen-bond donors (Lipinski definition) is 3. The third kappa shape index (κ3) is 3.08. The van der Waals surface area contributed by atoms with Gasteiger partial charge in [-0.3, -0.25) is 0 Å². The van der Waals surface area contributed by atoms with Crippen molar-refractivity contribution >= 4 is 11.6 Å². The number of hydrazine groups is 1. The third-order valence-corrected chi connectivity index (χ3v) is 3.33. The van der Waals surface area contributed by atoms with Gasteiger partial charge in [-0.05, 0) is 25.2 Å². The molecule has 0 aromatic carbocycles. The van der Waals surface area contributed by atoms with Crippen molar-refractivity contribution in [2.45, 2.75) is 26.2 Å². The first kappa shape index (κ1) is 13.0. The van der Waals surface area contributed by atoms with Crippen LogP contribution in [0.1, 0.15) is 25.3 Å². The van der Waals surface area contributed by atoms with Gasteiger partial charge in [0, 0.05) is 25.3 Å². The molecule has 0 unspecified atom stereocenters. The molecule has 1 aliphatic rings. The summed E-state index contributed by atoms with van der Waals surface area (Å²) in [5.74, 6) is 7.69. The van der Waals surface area contributed by atoms with Crippen LogP contribution in [0, 0.1) is 5.92 Å². The van der Waals surface area contributed by atoms with E-state index >= 15 is 0 Å². The van der Waals surface area contributed by atoms with Crippen LogP contribution >= 0.6 is 0 Å². The molecule has 1 fully saturated rings. The van der Waals surface area contributed by atoms with E-state index in [4.69, 9.17) is 10.6 Å². The second-order valence-corrected chi connectivity index (χ2v) is 4.48. The summed E-state index contributed by atoms with van der Waals surface area (Å²) in [7, 11) is 0. The first-order chi connectivity index (χ1) is 8.85. The monoisotopic (exact) mass is 251 g/mol. The molecule has 18 heavy (non-hydrogen) atoms. The van der Waals surface area contributed by atoms with Gasteiger partial charge in [-0.15, -0.1) is 0 Å². The van der Waals surface area contributed by atoms with E-state index in [1.54, 1.807) is 0 Å². The van der Waals surface area contributed by atoms with Gasteiger partial charge in [0.2, 0.25) is 0 Å². The van der Waals surface area contributed by atoms with Crippen LogP contribution in [0.4, 0.5) is 11.6 Å². The van der Waals surface area contributed by atoms with Crippen LogP contribution in [0.5, 0.6) is 0 Å². The highest BCUT2D eigenvalue weighted by Crippen LogP contribution is 2.21. The van der Waals surface area contributed by atoms with Gasteiger partial charge in [0.25, 0.3) is 0 Å². The first-order valence-electron chi connectivity index (χ1n) is 6.47. The number of anilines is 2. The average molecular weight is 251 g/mol. The number of nitrogen functional groups attached to an aromatic ring is 1. The lowest BCUT2D eigenvalue weighted by atomic mass is 10.0. The van der Waals surface area contributed by atoms with E-state index in [-0.39, 0.29) is 0 Å². The van der Waals surface area contributed by atoms with Crippen molar-refractivity contribution in [3.8, 4) is 0 Å². The fraction of sp³-hybridized carbons (Fsp3) is 0.667. The number of rotatable bonds is 5. The fourth-order valence-corrected chi connectivity index (χ4v) is 2.22. The molecular formula is C12H21N5O. The van der Waals surface area contributed by atoms with Gasteiger partial charge >= 0.3 is 0 Å². The van der Waals surface area contributed by atoms with Crippen LogP contribution in [0.15, 0.2) is 6.33 Å². The standard InChI is InChI=1S/C12H21N5O/c1-2-10-11(15-8-16-12(10)17-13)14-7-9-3-5-18-6-4-9/h8-9H,2-7,13H2,1H3,(H2,14,15,16,17). The van der Waals surface area contributed by atoms with E-state index in [9.17, 15) is 0 Å². The Morgan fingerprint density at radius 3 is 2.72 bits per heavy atom. The Morgan fingerprint density at radius 1 is 1.33 bits per heavy atom. The largest absolute Gasteiger partial charge is 0.381 e. The number of nitrogens with one attached hydrogen (secondary N) is 2. The molecule has 0 aliphatic carbocycles. The quantitative estimate of drug-likeness (QED) is 0.538. The summed E-state index contributed by atoms with van der Waals surface area (Å²) < 4.78 is 5.35. The fourth-order valence-electron chi connectivity index (χ4n) is 2.22. The van der Waals surface area contributed by atoms with Crippen molar-refractivity contribution in [1.29, 1.82) is 0 Å². The molecule has 1 aromatic heterocycles. The molecule has 100 valence electrons. The summed E-state index contributed by atoms with van der Waals surface area (Å²) in [5, 5.41) is 3.41. The van der Waals surface area contributed by atoms with Crippen molar-refractivity contribution in [3.05, 3.63) is 11.9 Å². The van der Waals surface area contributed by atoms with Crippen LogP contribution < -0.4 is 16.6 Å². The molecule has 2 heterocycles. The van der Waals surface area contributed by atoms with E-state index in [0.717, 1.165) is 50.4 Å². The zero-order valence-electron chi connectivity index (χ0n) is 10.8. The molecule has 0 radical (unpaired) electrons. The predicted molar refractivity (Wildman–Crippen MR) is 71.3 cm³/mol. The SMILES string of the molecule is CCc1c(NN)ncnc1NCC1CCOCC1. The van der Waals surface area contributed by atoms with Gasteiger partial charge in [-0.2, -0.15) is 0 Å². The highest BCUT2D eigenvalue weighted by atomic mass is 16.5. The third-order valence-electron chi connectivity index (χ3n) is 3.33. The minimum absolute atomic E-state index is 0.660. The Labute approximate surface area is 107 Å². The van der Waals surface area contributed by atoms with Crippen LogP contribution in [0.25, 0.3) is 0 Å². The number of ether oxygens (including phenoxy) is 1. The van der Waals surface area contributed by atoms with Gasteiger partial charge in [-0.25, -0.2) is 15.8 Å².